The summed E-state index contributed by atoms with van der Waals surface area (Å²) in [7, 11) is -3.40. The fraction of sp³-hybridized carbons (Fsp3) is 0.600. The summed E-state index contributed by atoms with van der Waals surface area (Å²) in [6, 6.07) is 7.20. The Labute approximate surface area is 126 Å². The van der Waals surface area contributed by atoms with Crippen molar-refractivity contribution in [2.75, 3.05) is 0 Å². The fourth-order valence-electron chi connectivity index (χ4n) is 2.58. The minimum Gasteiger partial charge on any atom is -0.208 e. The molecule has 0 aliphatic heterocycles. The average Bonchev–Trinajstić information content (AvgIpc) is 2.42. The van der Waals surface area contributed by atoms with Crippen LogP contribution in [0.5, 0.6) is 0 Å². The van der Waals surface area contributed by atoms with Crippen LogP contribution in [-0.2, 0) is 16.4 Å². The molecule has 1 fully saturated rings. The van der Waals surface area contributed by atoms with Crippen molar-refractivity contribution in [3.8, 4) is 0 Å². The molecule has 112 valence electrons. The third-order valence-corrected chi connectivity index (χ3v) is 5.72. The maximum absolute atomic E-state index is 12.3. The standard InChI is InChI=1S/C15H22ClNO2S/c1-2-3-12-4-10-15(11-5-12)20(18,19)17-14-8-6-13(16)7-9-14/h4-5,10-11,13-14,17H,2-3,6-9H2,1H3. The summed E-state index contributed by atoms with van der Waals surface area (Å²) in [5, 5.41) is 0.198. The highest BCUT2D eigenvalue weighted by Crippen LogP contribution is 2.24. The molecule has 1 aromatic rings. The van der Waals surface area contributed by atoms with E-state index in [0.29, 0.717) is 4.90 Å². The van der Waals surface area contributed by atoms with Gasteiger partial charge >= 0.3 is 0 Å². The lowest BCUT2D eigenvalue weighted by Crippen LogP contribution is -2.37. The summed E-state index contributed by atoms with van der Waals surface area (Å²) in [6.45, 7) is 2.11. The molecule has 1 aliphatic rings. The quantitative estimate of drug-likeness (QED) is 0.846. The summed E-state index contributed by atoms with van der Waals surface area (Å²) in [5.41, 5.74) is 1.18. The topological polar surface area (TPSA) is 46.2 Å². The second-order valence-corrected chi connectivity index (χ2v) is 7.80. The minimum absolute atomic E-state index is 0.0188. The van der Waals surface area contributed by atoms with Gasteiger partial charge in [-0.3, -0.25) is 0 Å². The van der Waals surface area contributed by atoms with E-state index in [2.05, 4.69) is 11.6 Å². The van der Waals surface area contributed by atoms with E-state index in [0.717, 1.165) is 38.5 Å². The van der Waals surface area contributed by atoms with Crippen LogP contribution in [0.2, 0.25) is 0 Å². The summed E-state index contributed by atoms with van der Waals surface area (Å²) in [5.74, 6) is 0. The van der Waals surface area contributed by atoms with Crippen molar-refractivity contribution in [3.63, 3.8) is 0 Å². The zero-order chi connectivity index (χ0) is 14.6. The molecule has 20 heavy (non-hydrogen) atoms. The van der Waals surface area contributed by atoms with Gasteiger partial charge in [0.1, 0.15) is 0 Å². The zero-order valence-electron chi connectivity index (χ0n) is 11.8. The van der Waals surface area contributed by atoms with Gasteiger partial charge in [-0.2, -0.15) is 0 Å². The zero-order valence-corrected chi connectivity index (χ0v) is 13.4. The molecule has 0 heterocycles. The monoisotopic (exact) mass is 315 g/mol. The molecule has 0 unspecified atom stereocenters. The van der Waals surface area contributed by atoms with Gasteiger partial charge in [0.05, 0.1) is 4.90 Å². The third-order valence-electron chi connectivity index (χ3n) is 3.75. The highest BCUT2D eigenvalue weighted by atomic mass is 35.5. The van der Waals surface area contributed by atoms with Crippen LogP contribution in [0, 0.1) is 0 Å². The minimum atomic E-state index is -3.40. The SMILES string of the molecule is CCCc1ccc(S(=O)(=O)NC2CCC(Cl)CC2)cc1. The number of nitrogens with one attached hydrogen (secondary N) is 1. The van der Waals surface area contributed by atoms with Crippen molar-refractivity contribution in [2.24, 2.45) is 0 Å². The number of benzene rings is 1. The molecule has 3 nitrogen and oxygen atoms in total. The molecular weight excluding hydrogens is 294 g/mol. The number of alkyl halides is 1. The molecule has 0 atom stereocenters. The van der Waals surface area contributed by atoms with Crippen LogP contribution >= 0.6 is 11.6 Å². The maximum atomic E-state index is 12.3. The maximum Gasteiger partial charge on any atom is 0.240 e. The third kappa shape index (κ3) is 4.21. The van der Waals surface area contributed by atoms with E-state index in [1.165, 1.54) is 5.56 Å². The van der Waals surface area contributed by atoms with Crippen LogP contribution in [0.15, 0.2) is 29.2 Å². The molecule has 1 N–H and O–H groups in total. The second-order valence-electron chi connectivity index (χ2n) is 5.46. The molecule has 2 rings (SSSR count). The van der Waals surface area contributed by atoms with Crippen LogP contribution in [-0.4, -0.2) is 19.8 Å². The first-order chi connectivity index (χ1) is 9.51. The Hall–Kier alpha value is -0.580. The number of halogens is 1. The van der Waals surface area contributed by atoms with E-state index in [4.69, 9.17) is 11.6 Å². The first kappa shape index (κ1) is 15.8. The number of sulfonamides is 1. The van der Waals surface area contributed by atoms with Gasteiger partial charge in [-0.1, -0.05) is 25.5 Å². The number of hydrogen-bond donors (Lipinski definition) is 1. The molecule has 0 amide bonds. The summed E-state index contributed by atoms with van der Waals surface area (Å²) >= 11 is 6.04. The number of rotatable bonds is 5. The molecule has 1 saturated carbocycles. The number of aryl methyl sites for hydroxylation is 1. The second kappa shape index (κ2) is 6.92. The van der Waals surface area contributed by atoms with Gasteiger partial charge < -0.3 is 0 Å². The van der Waals surface area contributed by atoms with Crippen molar-refractivity contribution in [1.29, 1.82) is 0 Å². The number of hydrogen-bond acceptors (Lipinski definition) is 2. The predicted octanol–water partition coefficient (Wildman–Crippen LogP) is 3.47. The summed E-state index contributed by atoms with van der Waals surface area (Å²) in [4.78, 5) is 0.352. The lowest BCUT2D eigenvalue weighted by molar-refractivity contribution is 0.416. The normalized spacial score (nSPS) is 23.7. The van der Waals surface area contributed by atoms with Crippen molar-refractivity contribution in [1.82, 2.24) is 4.72 Å². The largest absolute Gasteiger partial charge is 0.240 e. The lowest BCUT2D eigenvalue weighted by Gasteiger charge is -2.25. The molecule has 0 saturated heterocycles. The lowest BCUT2D eigenvalue weighted by atomic mass is 9.96. The van der Waals surface area contributed by atoms with Crippen molar-refractivity contribution in [2.45, 2.75) is 61.8 Å². The molecule has 0 aromatic heterocycles. The van der Waals surface area contributed by atoms with E-state index in [9.17, 15) is 8.42 Å². The van der Waals surface area contributed by atoms with E-state index in [1.807, 2.05) is 12.1 Å². The molecule has 1 aromatic carbocycles. The van der Waals surface area contributed by atoms with E-state index in [-0.39, 0.29) is 11.4 Å². The van der Waals surface area contributed by atoms with Crippen LogP contribution in [0.25, 0.3) is 0 Å². The average molecular weight is 316 g/mol. The smallest absolute Gasteiger partial charge is 0.208 e. The fourth-order valence-corrected chi connectivity index (χ4v) is 4.14. The molecule has 0 bridgehead atoms. The van der Waals surface area contributed by atoms with E-state index in [1.54, 1.807) is 12.1 Å². The van der Waals surface area contributed by atoms with Crippen LogP contribution in [0.4, 0.5) is 0 Å². The Bertz CT molecular complexity index is 519. The van der Waals surface area contributed by atoms with Gasteiger partial charge in [-0.15, -0.1) is 11.6 Å². The van der Waals surface area contributed by atoms with Gasteiger partial charge in [-0.25, -0.2) is 13.1 Å². The Morgan fingerprint density at radius 1 is 1.15 bits per heavy atom. The first-order valence-corrected chi connectivity index (χ1v) is 9.18. The first-order valence-electron chi connectivity index (χ1n) is 7.26. The summed E-state index contributed by atoms with van der Waals surface area (Å²) < 4.78 is 27.4. The summed E-state index contributed by atoms with van der Waals surface area (Å²) in [6.07, 6.45) is 5.44. The van der Waals surface area contributed by atoms with Crippen molar-refractivity contribution >= 4 is 21.6 Å². The predicted molar refractivity (Wildman–Crippen MR) is 82.7 cm³/mol. The van der Waals surface area contributed by atoms with Gasteiger partial charge in [-0.05, 0) is 49.8 Å². The Morgan fingerprint density at radius 3 is 2.30 bits per heavy atom. The van der Waals surface area contributed by atoms with Crippen LogP contribution < -0.4 is 4.72 Å². The van der Waals surface area contributed by atoms with Crippen molar-refractivity contribution in [3.05, 3.63) is 29.8 Å². The van der Waals surface area contributed by atoms with Crippen LogP contribution in [0.1, 0.15) is 44.6 Å². The molecule has 0 spiro atoms. The Kier molecular flexibility index (Phi) is 5.47. The molecule has 5 heteroatoms. The Balaban J connectivity index is 2.02. The van der Waals surface area contributed by atoms with Gasteiger partial charge in [0.25, 0.3) is 0 Å². The van der Waals surface area contributed by atoms with Crippen molar-refractivity contribution < 1.29 is 8.42 Å². The Morgan fingerprint density at radius 2 is 1.75 bits per heavy atom. The molecule has 1 aliphatic carbocycles. The highest BCUT2D eigenvalue weighted by Gasteiger charge is 2.24. The molecular formula is C15H22ClNO2S. The van der Waals surface area contributed by atoms with Gasteiger partial charge in [0, 0.05) is 11.4 Å². The van der Waals surface area contributed by atoms with Crippen LogP contribution in [0.3, 0.4) is 0 Å². The van der Waals surface area contributed by atoms with Gasteiger partial charge in [0.15, 0.2) is 0 Å². The highest BCUT2D eigenvalue weighted by molar-refractivity contribution is 7.89. The van der Waals surface area contributed by atoms with E-state index < -0.39 is 10.0 Å². The van der Waals surface area contributed by atoms with Gasteiger partial charge in [0.2, 0.25) is 10.0 Å². The van der Waals surface area contributed by atoms with E-state index >= 15 is 0 Å². The molecule has 0 radical (unpaired) electrons.